The van der Waals surface area contributed by atoms with Gasteiger partial charge in [-0.15, -0.1) is 0 Å². The molecular weight excluding hydrogens is 292 g/mol. The molecule has 22 heavy (non-hydrogen) atoms. The normalized spacial score (nSPS) is 11.5. The number of benzene rings is 2. The van der Waals surface area contributed by atoms with E-state index in [0.29, 0.717) is 5.11 Å². The van der Waals surface area contributed by atoms with Crippen LogP contribution in [-0.4, -0.2) is 18.8 Å². The summed E-state index contributed by atoms with van der Waals surface area (Å²) in [6.07, 6.45) is 0.922. The van der Waals surface area contributed by atoms with Crippen LogP contribution in [0.1, 0.15) is 24.1 Å². The molecule has 1 atom stereocenters. The van der Waals surface area contributed by atoms with E-state index in [-0.39, 0.29) is 6.04 Å². The molecule has 0 fully saturated rings. The molecule has 2 N–H and O–H groups in total. The van der Waals surface area contributed by atoms with Gasteiger partial charge in [0, 0.05) is 6.54 Å². The molecule has 0 saturated heterocycles. The first-order valence-corrected chi connectivity index (χ1v) is 7.82. The smallest absolute Gasteiger partial charge is 0.166 e. The first-order valence-electron chi connectivity index (χ1n) is 7.41. The average Bonchev–Trinajstić information content (AvgIpc) is 2.56. The average molecular weight is 314 g/mol. The van der Waals surface area contributed by atoms with Gasteiger partial charge in [0.1, 0.15) is 5.75 Å². The van der Waals surface area contributed by atoms with Crippen molar-refractivity contribution in [3.8, 4) is 5.75 Å². The van der Waals surface area contributed by atoms with Crippen LogP contribution in [0, 0.1) is 0 Å². The van der Waals surface area contributed by atoms with Crippen molar-refractivity contribution in [1.82, 2.24) is 10.6 Å². The molecule has 0 aliphatic rings. The van der Waals surface area contributed by atoms with E-state index >= 15 is 0 Å². The summed E-state index contributed by atoms with van der Waals surface area (Å²) in [5.74, 6) is 0.880. The van der Waals surface area contributed by atoms with Crippen LogP contribution in [-0.2, 0) is 6.42 Å². The molecule has 0 spiro atoms. The Balaban J connectivity index is 1.73. The third-order valence-corrected chi connectivity index (χ3v) is 3.77. The summed E-state index contributed by atoms with van der Waals surface area (Å²) in [7, 11) is 1.68. The molecule has 0 aromatic heterocycles. The monoisotopic (exact) mass is 314 g/mol. The Morgan fingerprint density at radius 2 is 1.77 bits per heavy atom. The van der Waals surface area contributed by atoms with Crippen LogP contribution in [0.2, 0.25) is 0 Å². The molecule has 0 amide bonds. The van der Waals surface area contributed by atoms with Crippen LogP contribution in [0.3, 0.4) is 0 Å². The van der Waals surface area contributed by atoms with Gasteiger partial charge in [0.2, 0.25) is 0 Å². The fraction of sp³-hybridized carbons (Fsp3) is 0.278. The Kier molecular flexibility index (Phi) is 6.22. The maximum absolute atomic E-state index is 5.34. The third kappa shape index (κ3) is 5.04. The second-order valence-corrected chi connectivity index (χ2v) is 5.54. The fourth-order valence-corrected chi connectivity index (χ4v) is 2.46. The van der Waals surface area contributed by atoms with Crippen molar-refractivity contribution < 1.29 is 4.74 Å². The minimum Gasteiger partial charge on any atom is -0.497 e. The molecule has 2 rings (SSSR count). The molecule has 0 saturated carbocycles. The van der Waals surface area contributed by atoms with E-state index in [9.17, 15) is 0 Å². The highest BCUT2D eigenvalue weighted by atomic mass is 32.1. The largest absolute Gasteiger partial charge is 0.497 e. The molecule has 2 aromatic rings. The maximum atomic E-state index is 5.34. The van der Waals surface area contributed by atoms with Crippen molar-refractivity contribution >= 4 is 17.3 Å². The van der Waals surface area contributed by atoms with Gasteiger partial charge in [-0.1, -0.05) is 42.5 Å². The molecule has 3 nitrogen and oxygen atoms in total. The van der Waals surface area contributed by atoms with Gasteiger partial charge < -0.3 is 15.4 Å². The molecule has 2 aromatic carbocycles. The van der Waals surface area contributed by atoms with E-state index in [1.54, 1.807) is 7.11 Å². The van der Waals surface area contributed by atoms with Crippen molar-refractivity contribution in [2.75, 3.05) is 13.7 Å². The van der Waals surface area contributed by atoms with Crippen LogP contribution < -0.4 is 15.4 Å². The van der Waals surface area contributed by atoms with Crippen molar-refractivity contribution in [2.45, 2.75) is 19.4 Å². The number of hydrogen-bond acceptors (Lipinski definition) is 2. The lowest BCUT2D eigenvalue weighted by molar-refractivity contribution is 0.414. The summed E-state index contributed by atoms with van der Waals surface area (Å²) in [6.45, 7) is 2.91. The van der Waals surface area contributed by atoms with Gasteiger partial charge in [-0.3, -0.25) is 0 Å². The molecule has 0 heterocycles. The fourth-order valence-electron chi connectivity index (χ4n) is 2.19. The number of methoxy groups -OCH3 is 1. The van der Waals surface area contributed by atoms with E-state index in [4.69, 9.17) is 17.0 Å². The van der Waals surface area contributed by atoms with E-state index in [1.807, 2.05) is 30.3 Å². The number of nitrogens with one attached hydrogen (secondary N) is 2. The first kappa shape index (κ1) is 16.3. The molecule has 0 radical (unpaired) electrons. The summed E-state index contributed by atoms with van der Waals surface area (Å²) < 4.78 is 5.15. The van der Waals surface area contributed by atoms with Crippen molar-refractivity contribution in [2.24, 2.45) is 0 Å². The molecule has 0 aliphatic heterocycles. The third-order valence-electron chi connectivity index (χ3n) is 3.51. The van der Waals surface area contributed by atoms with Gasteiger partial charge in [-0.25, -0.2) is 0 Å². The molecule has 4 heteroatoms. The summed E-state index contributed by atoms with van der Waals surface area (Å²) in [5.41, 5.74) is 2.48. The Hall–Kier alpha value is -2.07. The first-order chi connectivity index (χ1) is 10.7. The second kappa shape index (κ2) is 8.39. The van der Waals surface area contributed by atoms with Gasteiger partial charge in [0.05, 0.1) is 13.2 Å². The van der Waals surface area contributed by atoms with Crippen LogP contribution in [0.15, 0.2) is 54.6 Å². The summed E-state index contributed by atoms with van der Waals surface area (Å²) in [4.78, 5) is 0. The van der Waals surface area contributed by atoms with Gasteiger partial charge in [-0.2, -0.15) is 0 Å². The molecule has 116 valence electrons. The van der Waals surface area contributed by atoms with E-state index in [0.717, 1.165) is 18.7 Å². The summed E-state index contributed by atoms with van der Waals surface area (Å²) in [6, 6.07) is 18.6. The van der Waals surface area contributed by atoms with Gasteiger partial charge in [0.25, 0.3) is 0 Å². The SMILES string of the molecule is COc1ccc(CCNC(=S)NC(C)c2ccccc2)cc1. The van der Waals surface area contributed by atoms with Crippen LogP contribution >= 0.6 is 12.2 Å². The number of hydrogen-bond donors (Lipinski definition) is 2. The number of ether oxygens (including phenoxy) is 1. The minimum atomic E-state index is 0.196. The van der Waals surface area contributed by atoms with Gasteiger partial charge >= 0.3 is 0 Å². The van der Waals surface area contributed by atoms with Gasteiger partial charge in [0.15, 0.2) is 5.11 Å². The zero-order valence-electron chi connectivity index (χ0n) is 13.0. The Morgan fingerprint density at radius 3 is 2.41 bits per heavy atom. The van der Waals surface area contributed by atoms with Crippen LogP contribution in [0.25, 0.3) is 0 Å². The summed E-state index contributed by atoms with van der Waals surface area (Å²) in [5, 5.41) is 7.24. The lowest BCUT2D eigenvalue weighted by Gasteiger charge is -2.17. The van der Waals surface area contributed by atoms with Crippen molar-refractivity contribution in [1.29, 1.82) is 0 Å². The minimum absolute atomic E-state index is 0.196. The van der Waals surface area contributed by atoms with E-state index < -0.39 is 0 Å². The molecule has 0 aliphatic carbocycles. The van der Waals surface area contributed by atoms with Gasteiger partial charge in [-0.05, 0) is 48.8 Å². The quantitative estimate of drug-likeness (QED) is 0.800. The van der Waals surface area contributed by atoms with Crippen molar-refractivity contribution in [3.05, 3.63) is 65.7 Å². The highest BCUT2D eigenvalue weighted by Crippen LogP contribution is 2.12. The standard InChI is InChI=1S/C18H22N2OS/c1-14(16-6-4-3-5-7-16)20-18(22)19-13-12-15-8-10-17(21-2)11-9-15/h3-11,14H,12-13H2,1-2H3,(H2,19,20,22). The highest BCUT2D eigenvalue weighted by Gasteiger charge is 2.05. The molecular formula is C18H22N2OS. The van der Waals surface area contributed by atoms with Crippen LogP contribution in [0.5, 0.6) is 5.75 Å². The Morgan fingerprint density at radius 1 is 1.09 bits per heavy atom. The Bertz CT molecular complexity index is 584. The molecule has 0 bridgehead atoms. The predicted octanol–water partition coefficient (Wildman–Crippen LogP) is 3.46. The second-order valence-electron chi connectivity index (χ2n) is 5.13. The highest BCUT2D eigenvalue weighted by molar-refractivity contribution is 7.80. The predicted molar refractivity (Wildman–Crippen MR) is 95.3 cm³/mol. The number of thiocarbonyl (C=S) groups is 1. The van der Waals surface area contributed by atoms with E-state index in [2.05, 4.69) is 41.8 Å². The maximum Gasteiger partial charge on any atom is 0.166 e. The lowest BCUT2D eigenvalue weighted by Crippen LogP contribution is -2.37. The zero-order chi connectivity index (χ0) is 15.8. The van der Waals surface area contributed by atoms with Crippen molar-refractivity contribution in [3.63, 3.8) is 0 Å². The topological polar surface area (TPSA) is 33.3 Å². The van der Waals surface area contributed by atoms with Crippen LogP contribution in [0.4, 0.5) is 0 Å². The molecule has 1 unspecified atom stereocenters. The van der Waals surface area contributed by atoms with E-state index in [1.165, 1.54) is 11.1 Å². The number of rotatable bonds is 6. The zero-order valence-corrected chi connectivity index (χ0v) is 13.8. The lowest BCUT2D eigenvalue weighted by atomic mass is 10.1. The summed E-state index contributed by atoms with van der Waals surface area (Å²) >= 11 is 5.34. The Labute approximate surface area is 137 Å².